The molecule has 2 rings (SSSR count). The van der Waals surface area contributed by atoms with Crippen LogP contribution in [0.1, 0.15) is 20.8 Å². The average molecular weight is 318 g/mol. The molecule has 2 amide bonds. The van der Waals surface area contributed by atoms with E-state index in [-0.39, 0.29) is 30.3 Å². The van der Waals surface area contributed by atoms with E-state index in [0.29, 0.717) is 10.9 Å². The number of fused-ring (bicyclic) bond motifs is 1. The van der Waals surface area contributed by atoms with Crippen molar-refractivity contribution in [2.24, 2.45) is 22.2 Å². The highest BCUT2D eigenvalue weighted by atomic mass is 16.3. The Balaban J connectivity index is 2.16. The minimum absolute atomic E-state index is 0.0437. The Morgan fingerprint density at radius 2 is 1.96 bits per heavy atom. The lowest BCUT2D eigenvalue weighted by atomic mass is 10.1. The van der Waals surface area contributed by atoms with Crippen molar-refractivity contribution in [3.8, 4) is 0 Å². The lowest BCUT2D eigenvalue weighted by Gasteiger charge is -2.09. The maximum absolute atomic E-state index is 12.2. The molecule has 9 heteroatoms. The molecule has 0 aliphatic carbocycles. The maximum atomic E-state index is 12.2. The molecule has 0 aliphatic rings. The summed E-state index contributed by atoms with van der Waals surface area (Å²) < 4.78 is 0. The second kappa shape index (κ2) is 6.79. The second-order valence-electron chi connectivity index (χ2n) is 4.91. The van der Waals surface area contributed by atoms with Crippen molar-refractivity contribution < 1.29 is 14.7 Å². The molecule has 0 spiro atoms. The molecule has 1 heterocycles. The van der Waals surface area contributed by atoms with Crippen molar-refractivity contribution in [3.05, 3.63) is 35.5 Å². The molecule has 1 atom stereocenters. The molecular formula is C14H18N6O3. The monoisotopic (exact) mass is 318 g/mol. The highest BCUT2D eigenvalue weighted by Gasteiger charge is 2.21. The van der Waals surface area contributed by atoms with Gasteiger partial charge in [0.05, 0.1) is 18.2 Å². The van der Waals surface area contributed by atoms with Crippen molar-refractivity contribution in [1.82, 2.24) is 10.3 Å². The first-order chi connectivity index (χ1) is 10.9. The Bertz CT molecular complexity index is 763. The Morgan fingerprint density at radius 3 is 2.61 bits per heavy atom. The number of carbonyl (C=O) groups is 2. The summed E-state index contributed by atoms with van der Waals surface area (Å²) >= 11 is 0. The highest BCUT2D eigenvalue weighted by molar-refractivity contribution is 6.14. The molecule has 0 bridgehead atoms. The Kier molecular flexibility index (Phi) is 4.82. The van der Waals surface area contributed by atoms with Crippen LogP contribution in [0.15, 0.2) is 29.3 Å². The van der Waals surface area contributed by atoms with Crippen molar-refractivity contribution >= 4 is 28.7 Å². The van der Waals surface area contributed by atoms with Crippen LogP contribution in [0.4, 0.5) is 0 Å². The zero-order chi connectivity index (χ0) is 17.0. The number of amides is 2. The van der Waals surface area contributed by atoms with Gasteiger partial charge in [-0.25, -0.2) is 0 Å². The molecule has 0 aliphatic heterocycles. The first-order valence-electron chi connectivity index (χ1n) is 6.82. The Hall–Kier alpha value is -3.07. The van der Waals surface area contributed by atoms with Crippen LogP contribution in [0.2, 0.25) is 0 Å². The summed E-state index contributed by atoms with van der Waals surface area (Å²) in [6, 6.07) is 6.93. The highest BCUT2D eigenvalue weighted by Crippen LogP contribution is 2.21. The molecule has 9 nitrogen and oxygen atoms in total. The SMILES string of the molecule is NC(=O)c1c(C(=O)NCC(O)CN=C(N)N)[nH]c2ccccc12. The number of nitrogens with zero attached hydrogens (tertiary/aromatic N) is 1. The Labute approximate surface area is 131 Å². The lowest BCUT2D eigenvalue weighted by Crippen LogP contribution is -2.35. The first-order valence-corrected chi connectivity index (χ1v) is 6.82. The van der Waals surface area contributed by atoms with E-state index in [1.165, 1.54) is 0 Å². The number of benzene rings is 1. The number of guanidine groups is 1. The maximum Gasteiger partial charge on any atom is 0.268 e. The summed E-state index contributed by atoms with van der Waals surface area (Å²) in [4.78, 5) is 30.4. The molecule has 2 aromatic rings. The van der Waals surface area contributed by atoms with E-state index in [9.17, 15) is 14.7 Å². The predicted molar refractivity (Wildman–Crippen MR) is 85.8 cm³/mol. The fraction of sp³-hybridized carbons (Fsp3) is 0.214. The van der Waals surface area contributed by atoms with Gasteiger partial charge >= 0.3 is 0 Å². The number of aliphatic hydroxyl groups is 1. The molecule has 1 unspecified atom stereocenters. The number of para-hydroxylation sites is 1. The van der Waals surface area contributed by atoms with E-state index in [1.807, 2.05) is 0 Å². The van der Waals surface area contributed by atoms with Gasteiger partial charge in [-0.2, -0.15) is 0 Å². The van der Waals surface area contributed by atoms with Gasteiger partial charge in [-0.15, -0.1) is 0 Å². The number of carbonyl (C=O) groups excluding carboxylic acids is 2. The fourth-order valence-electron chi connectivity index (χ4n) is 2.14. The summed E-state index contributed by atoms with van der Waals surface area (Å²) in [7, 11) is 0. The zero-order valence-electron chi connectivity index (χ0n) is 12.2. The number of primary amides is 1. The van der Waals surface area contributed by atoms with Crippen LogP contribution in [0.3, 0.4) is 0 Å². The number of nitrogens with two attached hydrogens (primary N) is 3. The number of rotatable bonds is 6. The molecular weight excluding hydrogens is 300 g/mol. The van der Waals surface area contributed by atoms with Crippen LogP contribution < -0.4 is 22.5 Å². The van der Waals surface area contributed by atoms with Crippen LogP contribution in [-0.2, 0) is 0 Å². The van der Waals surface area contributed by atoms with E-state index in [1.54, 1.807) is 24.3 Å². The number of hydrogen-bond donors (Lipinski definition) is 6. The van der Waals surface area contributed by atoms with Crippen molar-refractivity contribution in [3.63, 3.8) is 0 Å². The summed E-state index contributed by atoms with van der Waals surface area (Å²) in [5.41, 5.74) is 16.5. The Morgan fingerprint density at radius 1 is 1.26 bits per heavy atom. The number of hydrogen-bond acceptors (Lipinski definition) is 4. The number of aromatic amines is 1. The summed E-state index contributed by atoms with van der Waals surface area (Å²) in [6.45, 7) is -0.124. The van der Waals surface area contributed by atoms with Gasteiger partial charge in [0.2, 0.25) is 0 Å². The topological polar surface area (TPSA) is 173 Å². The molecule has 9 N–H and O–H groups in total. The van der Waals surface area contributed by atoms with E-state index in [0.717, 1.165) is 0 Å². The van der Waals surface area contributed by atoms with Crippen molar-refractivity contribution in [2.45, 2.75) is 6.10 Å². The van der Waals surface area contributed by atoms with E-state index in [4.69, 9.17) is 17.2 Å². The van der Waals surface area contributed by atoms with Gasteiger partial charge in [-0.3, -0.25) is 14.6 Å². The van der Waals surface area contributed by atoms with E-state index < -0.39 is 17.9 Å². The molecule has 0 radical (unpaired) electrons. The number of aliphatic hydroxyl groups excluding tert-OH is 1. The van der Waals surface area contributed by atoms with Gasteiger partial charge in [0.1, 0.15) is 5.69 Å². The standard InChI is InChI=1S/C14H18N6O3/c15-12(22)10-8-3-1-2-4-9(8)20-11(10)13(23)18-5-7(21)6-19-14(16)17/h1-4,7,20-21H,5-6H2,(H2,15,22)(H,18,23)(H4,16,17,19). The van der Waals surface area contributed by atoms with Gasteiger partial charge < -0.3 is 32.6 Å². The second-order valence-corrected chi connectivity index (χ2v) is 4.91. The molecule has 23 heavy (non-hydrogen) atoms. The largest absolute Gasteiger partial charge is 0.389 e. The summed E-state index contributed by atoms with van der Waals surface area (Å²) in [5, 5.41) is 12.7. The smallest absolute Gasteiger partial charge is 0.268 e. The number of nitrogens with one attached hydrogen (secondary N) is 2. The van der Waals surface area contributed by atoms with Crippen LogP contribution in [0.5, 0.6) is 0 Å². The van der Waals surface area contributed by atoms with Crippen molar-refractivity contribution in [2.75, 3.05) is 13.1 Å². The third-order valence-electron chi connectivity index (χ3n) is 3.16. The minimum Gasteiger partial charge on any atom is -0.389 e. The molecule has 0 fully saturated rings. The van der Waals surface area contributed by atoms with Crippen LogP contribution in [0.25, 0.3) is 10.9 Å². The van der Waals surface area contributed by atoms with Crippen LogP contribution in [0, 0.1) is 0 Å². The number of H-pyrrole nitrogens is 1. The van der Waals surface area contributed by atoms with Gasteiger partial charge in [-0.1, -0.05) is 18.2 Å². The minimum atomic E-state index is -0.956. The van der Waals surface area contributed by atoms with Gasteiger partial charge in [-0.05, 0) is 6.07 Å². The van der Waals surface area contributed by atoms with Crippen LogP contribution >= 0.6 is 0 Å². The van der Waals surface area contributed by atoms with Gasteiger partial charge in [0, 0.05) is 17.4 Å². The fourth-order valence-corrected chi connectivity index (χ4v) is 2.14. The molecule has 122 valence electrons. The first kappa shape index (κ1) is 16.3. The zero-order valence-corrected chi connectivity index (χ0v) is 12.2. The predicted octanol–water partition coefficient (Wildman–Crippen LogP) is -1.37. The molecule has 1 aromatic heterocycles. The normalized spacial score (nSPS) is 11.9. The van der Waals surface area contributed by atoms with E-state index >= 15 is 0 Å². The van der Waals surface area contributed by atoms with Gasteiger partial charge in [0.25, 0.3) is 11.8 Å². The van der Waals surface area contributed by atoms with E-state index in [2.05, 4.69) is 15.3 Å². The van der Waals surface area contributed by atoms with Crippen LogP contribution in [-0.4, -0.2) is 47.1 Å². The molecule has 0 saturated heterocycles. The summed E-state index contributed by atoms with van der Waals surface area (Å²) in [5.74, 6) is -1.42. The number of aliphatic imine (C=N–C) groups is 1. The summed E-state index contributed by atoms with van der Waals surface area (Å²) in [6.07, 6.45) is -0.956. The average Bonchev–Trinajstić information content (AvgIpc) is 2.90. The molecule has 1 aromatic carbocycles. The lowest BCUT2D eigenvalue weighted by molar-refractivity contribution is 0.0905. The third kappa shape index (κ3) is 3.77. The van der Waals surface area contributed by atoms with Gasteiger partial charge in [0.15, 0.2) is 5.96 Å². The third-order valence-corrected chi connectivity index (χ3v) is 3.16. The molecule has 0 saturated carbocycles. The quantitative estimate of drug-likeness (QED) is 0.284. The number of aromatic nitrogens is 1. The van der Waals surface area contributed by atoms with Crippen molar-refractivity contribution in [1.29, 1.82) is 0 Å².